The highest BCUT2D eigenvalue weighted by Gasteiger charge is 2.21. The van der Waals surface area contributed by atoms with Gasteiger partial charge in [0.05, 0.1) is 0 Å². The molecular formula is C15H18N4O3. The van der Waals surface area contributed by atoms with Crippen molar-refractivity contribution in [2.75, 3.05) is 0 Å². The molecule has 1 aromatic heterocycles. The topological polar surface area (TPSA) is 108 Å². The van der Waals surface area contributed by atoms with Gasteiger partial charge in [-0.15, -0.1) is 0 Å². The summed E-state index contributed by atoms with van der Waals surface area (Å²) in [6.45, 7) is 3.82. The van der Waals surface area contributed by atoms with Crippen LogP contribution in [0.4, 0.5) is 0 Å². The molecule has 7 heteroatoms. The molecule has 2 aromatic rings. The number of rotatable bonds is 6. The van der Waals surface area contributed by atoms with Crippen LogP contribution in [0.3, 0.4) is 0 Å². The molecule has 0 aliphatic rings. The number of carboxylic acid groups (broad SMARTS) is 1. The average molecular weight is 302 g/mol. The minimum absolute atomic E-state index is 0.168. The molecule has 3 N–H and O–H groups in total. The lowest BCUT2D eigenvalue weighted by molar-refractivity contribution is -0.139. The van der Waals surface area contributed by atoms with Crippen LogP contribution in [-0.4, -0.2) is 38.2 Å². The molecule has 1 heterocycles. The van der Waals surface area contributed by atoms with Gasteiger partial charge in [0, 0.05) is 11.1 Å². The van der Waals surface area contributed by atoms with E-state index in [1.54, 1.807) is 24.3 Å². The van der Waals surface area contributed by atoms with Crippen molar-refractivity contribution < 1.29 is 14.7 Å². The van der Waals surface area contributed by atoms with E-state index in [2.05, 4.69) is 20.5 Å². The van der Waals surface area contributed by atoms with Gasteiger partial charge in [0.2, 0.25) is 0 Å². The van der Waals surface area contributed by atoms with E-state index in [9.17, 15) is 14.7 Å². The Morgan fingerprint density at radius 1 is 1.36 bits per heavy atom. The molecule has 0 saturated carbocycles. The molecule has 0 radical (unpaired) electrons. The first-order chi connectivity index (χ1) is 10.5. The molecule has 22 heavy (non-hydrogen) atoms. The van der Waals surface area contributed by atoms with Crippen molar-refractivity contribution in [1.82, 2.24) is 20.5 Å². The highest BCUT2D eigenvalue weighted by Crippen LogP contribution is 2.16. The van der Waals surface area contributed by atoms with Crippen LogP contribution in [-0.2, 0) is 4.79 Å². The predicted octanol–water partition coefficient (Wildman–Crippen LogP) is 1.70. The largest absolute Gasteiger partial charge is 0.480 e. The molecule has 0 spiro atoms. The number of amides is 1. The highest BCUT2D eigenvalue weighted by atomic mass is 16.4. The number of nitrogens with zero attached hydrogens (tertiary/aromatic N) is 2. The van der Waals surface area contributed by atoms with Crippen molar-refractivity contribution in [1.29, 1.82) is 0 Å². The summed E-state index contributed by atoms with van der Waals surface area (Å²) in [5.74, 6) is -0.739. The third-order valence-electron chi connectivity index (χ3n) is 3.12. The second kappa shape index (κ2) is 6.84. The van der Waals surface area contributed by atoms with E-state index in [-0.39, 0.29) is 5.92 Å². The number of H-pyrrole nitrogens is 1. The number of aromatic nitrogens is 3. The van der Waals surface area contributed by atoms with Crippen LogP contribution in [0.15, 0.2) is 30.6 Å². The van der Waals surface area contributed by atoms with Gasteiger partial charge in [0.1, 0.15) is 12.4 Å². The van der Waals surface area contributed by atoms with E-state index in [0.717, 1.165) is 0 Å². The summed E-state index contributed by atoms with van der Waals surface area (Å²) in [6.07, 6.45) is 1.76. The second-order valence-electron chi connectivity index (χ2n) is 5.41. The van der Waals surface area contributed by atoms with E-state index < -0.39 is 17.9 Å². The molecule has 1 aromatic carbocycles. The molecular weight excluding hydrogens is 284 g/mol. The van der Waals surface area contributed by atoms with Gasteiger partial charge in [-0.05, 0) is 24.5 Å². The lowest BCUT2D eigenvalue weighted by Gasteiger charge is -2.16. The van der Waals surface area contributed by atoms with Crippen LogP contribution in [0.1, 0.15) is 30.6 Å². The molecule has 0 unspecified atom stereocenters. The zero-order chi connectivity index (χ0) is 16.1. The molecule has 1 amide bonds. The van der Waals surface area contributed by atoms with Crippen LogP contribution >= 0.6 is 0 Å². The van der Waals surface area contributed by atoms with Gasteiger partial charge in [0.25, 0.3) is 5.91 Å². The monoisotopic (exact) mass is 302 g/mol. The van der Waals surface area contributed by atoms with Crippen molar-refractivity contribution in [2.45, 2.75) is 26.3 Å². The van der Waals surface area contributed by atoms with E-state index in [1.807, 2.05) is 13.8 Å². The normalized spacial score (nSPS) is 12.1. The number of carbonyl (C=O) groups excluding carboxylic acids is 1. The first-order valence-electron chi connectivity index (χ1n) is 6.97. The lowest BCUT2D eigenvalue weighted by Crippen LogP contribution is -2.41. The number of hydrogen-bond acceptors (Lipinski definition) is 4. The summed E-state index contributed by atoms with van der Waals surface area (Å²) in [7, 11) is 0. The van der Waals surface area contributed by atoms with Crippen molar-refractivity contribution in [3.63, 3.8) is 0 Å². The summed E-state index contributed by atoms with van der Waals surface area (Å²) in [6, 6.07) is 5.88. The summed E-state index contributed by atoms with van der Waals surface area (Å²) in [5, 5.41) is 18.2. The Bertz CT molecular complexity index is 653. The van der Waals surface area contributed by atoms with E-state index in [4.69, 9.17) is 0 Å². The maximum absolute atomic E-state index is 12.2. The summed E-state index contributed by atoms with van der Waals surface area (Å²) in [4.78, 5) is 27.5. The lowest BCUT2D eigenvalue weighted by atomic mass is 10.0. The van der Waals surface area contributed by atoms with Crippen LogP contribution in [0.2, 0.25) is 0 Å². The zero-order valence-corrected chi connectivity index (χ0v) is 12.4. The minimum atomic E-state index is -1.03. The maximum atomic E-state index is 12.2. The van der Waals surface area contributed by atoms with Crippen molar-refractivity contribution in [3.05, 3.63) is 36.2 Å². The van der Waals surface area contributed by atoms with Crippen molar-refractivity contribution in [2.24, 2.45) is 5.92 Å². The fourth-order valence-electron chi connectivity index (χ4n) is 2.09. The SMILES string of the molecule is CC(C)C[C@@H](NC(=O)c1cccc(-c2ncn[nH]2)c1)C(=O)O. The average Bonchev–Trinajstić information content (AvgIpc) is 3.00. The number of benzene rings is 1. The van der Waals surface area contributed by atoms with Crippen molar-refractivity contribution in [3.8, 4) is 11.4 Å². The number of hydrogen-bond donors (Lipinski definition) is 3. The molecule has 0 fully saturated rings. The molecule has 0 aliphatic heterocycles. The summed E-state index contributed by atoms with van der Waals surface area (Å²) in [5.41, 5.74) is 1.09. The number of carbonyl (C=O) groups is 2. The third kappa shape index (κ3) is 3.91. The van der Waals surface area contributed by atoms with Gasteiger partial charge < -0.3 is 10.4 Å². The van der Waals surface area contributed by atoms with Gasteiger partial charge in [-0.2, -0.15) is 5.10 Å². The van der Waals surface area contributed by atoms with Crippen LogP contribution in [0.5, 0.6) is 0 Å². The zero-order valence-electron chi connectivity index (χ0n) is 12.4. The van der Waals surface area contributed by atoms with E-state index in [0.29, 0.717) is 23.4 Å². The molecule has 0 saturated heterocycles. The van der Waals surface area contributed by atoms with Gasteiger partial charge in [0.15, 0.2) is 5.82 Å². The Hall–Kier alpha value is -2.70. The Labute approximate surface area is 127 Å². The number of nitrogens with one attached hydrogen (secondary N) is 2. The first-order valence-corrected chi connectivity index (χ1v) is 6.97. The van der Waals surface area contributed by atoms with E-state index in [1.165, 1.54) is 6.33 Å². The summed E-state index contributed by atoms with van der Waals surface area (Å²) < 4.78 is 0. The maximum Gasteiger partial charge on any atom is 0.326 e. The van der Waals surface area contributed by atoms with Gasteiger partial charge in [-0.1, -0.05) is 26.0 Å². The van der Waals surface area contributed by atoms with Gasteiger partial charge in [-0.3, -0.25) is 9.89 Å². The second-order valence-corrected chi connectivity index (χ2v) is 5.41. The third-order valence-corrected chi connectivity index (χ3v) is 3.12. The number of aliphatic carboxylic acids is 1. The number of aromatic amines is 1. The van der Waals surface area contributed by atoms with Crippen molar-refractivity contribution >= 4 is 11.9 Å². The Kier molecular flexibility index (Phi) is 4.88. The van der Waals surface area contributed by atoms with Gasteiger partial charge in [-0.25, -0.2) is 9.78 Å². The standard InChI is InChI=1S/C15H18N4O3/c1-9(2)6-12(15(21)22)18-14(20)11-5-3-4-10(7-11)13-16-8-17-19-13/h3-5,7-9,12H,6H2,1-2H3,(H,18,20)(H,21,22)(H,16,17,19)/t12-/m1/s1. The van der Waals surface area contributed by atoms with Crippen LogP contribution < -0.4 is 5.32 Å². The fourth-order valence-corrected chi connectivity index (χ4v) is 2.09. The molecule has 0 bridgehead atoms. The Morgan fingerprint density at radius 2 is 2.14 bits per heavy atom. The van der Waals surface area contributed by atoms with Crippen LogP contribution in [0, 0.1) is 5.92 Å². The minimum Gasteiger partial charge on any atom is -0.480 e. The molecule has 2 rings (SSSR count). The fraction of sp³-hybridized carbons (Fsp3) is 0.333. The first kappa shape index (κ1) is 15.7. The Balaban J connectivity index is 2.15. The van der Waals surface area contributed by atoms with Gasteiger partial charge >= 0.3 is 5.97 Å². The Morgan fingerprint density at radius 3 is 2.73 bits per heavy atom. The smallest absolute Gasteiger partial charge is 0.326 e. The molecule has 0 aliphatic carbocycles. The summed E-state index contributed by atoms with van der Waals surface area (Å²) >= 11 is 0. The predicted molar refractivity (Wildman–Crippen MR) is 80.2 cm³/mol. The van der Waals surface area contributed by atoms with E-state index >= 15 is 0 Å². The van der Waals surface area contributed by atoms with Crippen LogP contribution in [0.25, 0.3) is 11.4 Å². The highest BCUT2D eigenvalue weighted by molar-refractivity contribution is 5.97. The molecule has 116 valence electrons. The molecule has 7 nitrogen and oxygen atoms in total. The molecule has 1 atom stereocenters. The number of carboxylic acids is 1. The quantitative estimate of drug-likeness (QED) is 0.752.